The standard InChI is InChI=1S/C46H82O14P2/c1-2-3-4-5-6-7-8-9-10-12-15-18-21-24-27-30-33-36-45(49)56-41-44(42-59-62(54,55)58-40-43(48)39-57-61(51,52)53)60-46(50)37-34-31-28-25-22-19-16-13-11-14-17-20-23-26-29-32-35-38-47/h9-11,14,16,19-20,23,25,28,43-44,47-48H,2-8,12-13,15,17-18,21-22,24,26-27,29-42H2,1H3,(H,54,55)(H2,51,52,53)/b10-9-,14-11-,19-16-,23-20-,28-25-/t43-,44+/m0/s1. The van der Waals surface area contributed by atoms with Crippen molar-refractivity contribution in [3.05, 3.63) is 60.8 Å². The van der Waals surface area contributed by atoms with Crippen molar-refractivity contribution in [3.63, 3.8) is 0 Å². The van der Waals surface area contributed by atoms with Crippen LogP contribution in [0.25, 0.3) is 0 Å². The Morgan fingerprint density at radius 2 is 0.919 bits per heavy atom. The third kappa shape index (κ3) is 45.8. The van der Waals surface area contributed by atoms with Crippen LogP contribution in [0.5, 0.6) is 0 Å². The highest BCUT2D eigenvalue weighted by Crippen LogP contribution is 2.43. The van der Waals surface area contributed by atoms with Crippen LogP contribution in [0.4, 0.5) is 0 Å². The summed E-state index contributed by atoms with van der Waals surface area (Å²) in [6, 6.07) is 0. The number of carbonyl (C=O) groups is 2. The molecule has 3 atom stereocenters. The van der Waals surface area contributed by atoms with E-state index < -0.39 is 66.2 Å². The number of allylic oxidation sites excluding steroid dienone is 10. The molecule has 0 aromatic rings. The Hall–Kier alpha value is -2.22. The van der Waals surface area contributed by atoms with Crippen molar-refractivity contribution in [2.75, 3.05) is 33.0 Å². The summed E-state index contributed by atoms with van der Waals surface area (Å²) in [7, 11) is -9.71. The van der Waals surface area contributed by atoms with Crippen LogP contribution in [-0.2, 0) is 41.8 Å². The lowest BCUT2D eigenvalue weighted by atomic mass is 10.1. The molecule has 1 unspecified atom stereocenters. The minimum Gasteiger partial charge on any atom is -0.462 e. The van der Waals surface area contributed by atoms with Crippen molar-refractivity contribution in [2.24, 2.45) is 0 Å². The number of aliphatic hydroxyl groups is 2. The molecule has 360 valence electrons. The van der Waals surface area contributed by atoms with Gasteiger partial charge in [0.2, 0.25) is 0 Å². The smallest absolute Gasteiger partial charge is 0.462 e. The summed E-state index contributed by atoms with van der Waals surface area (Å²) in [4.78, 5) is 52.7. The van der Waals surface area contributed by atoms with Crippen molar-refractivity contribution < 1.29 is 66.7 Å². The van der Waals surface area contributed by atoms with E-state index in [1.807, 2.05) is 12.2 Å². The van der Waals surface area contributed by atoms with Crippen molar-refractivity contribution in [3.8, 4) is 0 Å². The first kappa shape index (κ1) is 59.8. The highest BCUT2D eigenvalue weighted by Gasteiger charge is 2.28. The Bertz CT molecular complexity index is 1330. The lowest BCUT2D eigenvalue weighted by Gasteiger charge is -2.20. The number of phosphoric acid groups is 2. The zero-order chi connectivity index (χ0) is 45.8. The van der Waals surface area contributed by atoms with Crippen LogP contribution in [0.2, 0.25) is 0 Å². The van der Waals surface area contributed by atoms with Gasteiger partial charge in [0.15, 0.2) is 6.10 Å². The highest BCUT2D eigenvalue weighted by atomic mass is 31.2. The number of esters is 2. The van der Waals surface area contributed by atoms with E-state index in [0.29, 0.717) is 19.3 Å². The Morgan fingerprint density at radius 1 is 0.500 bits per heavy atom. The number of ether oxygens (including phenoxy) is 2. The van der Waals surface area contributed by atoms with Gasteiger partial charge in [-0.2, -0.15) is 0 Å². The van der Waals surface area contributed by atoms with Gasteiger partial charge in [0, 0.05) is 19.4 Å². The Kier molecular flexibility index (Phi) is 41.2. The quantitative estimate of drug-likeness (QED) is 0.0166. The maximum absolute atomic E-state index is 12.7. The van der Waals surface area contributed by atoms with Gasteiger partial charge in [-0.3, -0.25) is 23.2 Å². The number of unbranched alkanes of at least 4 members (excludes halogenated alkanes) is 17. The second-order valence-corrected chi connectivity index (χ2v) is 18.1. The number of aliphatic hydroxyl groups excluding tert-OH is 2. The van der Waals surface area contributed by atoms with E-state index in [2.05, 4.69) is 64.6 Å². The van der Waals surface area contributed by atoms with E-state index in [1.54, 1.807) is 0 Å². The molecule has 0 amide bonds. The lowest BCUT2D eigenvalue weighted by molar-refractivity contribution is -0.161. The number of carbonyl (C=O) groups excluding carboxylic acids is 2. The van der Waals surface area contributed by atoms with Crippen molar-refractivity contribution in [1.29, 1.82) is 0 Å². The zero-order valence-electron chi connectivity index (χ0n) is 37.7. The molecule has 5 N–H and O–H groups in total. The van der Waals surface area contributed by atoms with Crippen LogP contribution in [-0.4, -0.2) is 82.1 Å². The van der Waals surface area contributed by atoms with E-state index in [1.165, 1.54) is 57.8 Å². The van der Waals surface area contributed by atoms with Gasteiger partial charge in [0.1, 0.15) is 12.7 Å². The van der Waals surface area contributed by atoms with E-state index in [0.717, 1.165) is 77.0 Å². The fourth-order valence-electron chi connectivity index (χ4n) is 5.90. The van der Waals surface area contributed by atoms with Gasteiger partial charge in [-0.05, 0) is 83.5 Å². The van der Waals surface area contributed by atoms with Crippen molar-refractivity contribution >= 4 is 27.6 Å². The summed E-state index contributed by atoms with van der Waals surface area (Å²) in [5.41, 5.74) is 0. The lowest BCUT2D eigenvalue weighted by Crippen LogP contribution is -2.29. The monoisotopic (exact) mass is 921 g/mol. The van der Waals surface area contributed by atoms with Crippen molar-refractivity contribution in [2.45, 2.75) is 186 Å². The van der Waals surface area contributed by atoms with Gasteiger partial charge in [0.05, 0.1) is 19.8 Å². The first-order valence-corrected chi connectivity index (χ1v) is 26.1. The van der Waals surface area contributed by atoms with Crippen LogP contribution in [0.15, 0.2) is 60.8 Å². The second-order valence-electron chi connectivity index (χ2n) is 15.4. The summed E-state index contributed by atoms with van der Waals surface area (Å²) in [6.07, 6.45) is 43.7. The van der Waals surface area contributed by atoms with Crippen LogP contribution in [0.1, 0.15) is 174 Å². The molecule has 62 heavy (non-hydrogen) atoms. The molecule has 0 fully saturated rings. The molecule has 0 saturated heterocycles. The molecular formula is C46H82O14P2. The minimum atomic E-state index is -4.88. The van der Waals surface area contributed by atoms with E-state index in [-0.39, 0.29) is 19.4 Å². The molecule has 16 heteroatoms. The maximum Gasteiger partial charge on any atom is 0.472 e. The number of rotatable bonds is 44. The van der Waals surface area contributed by atoms with Gasteiger partial charge in [-0.1, -0.05) is 138 Å². The maximum atomic E-state index is 12.7. The normalized spacial score (nSPS) is 14.5. The molecule has 0 rings (SSSR count). The summed E-state index contributed by atoms with van der Waals surface area (Å²) in [6.45, 7) is -0.302. The van der Waals surface area contributed by atoms with Crippen LogP contribution in [0.3, 0.4) is 0 Å². The minimum absolute atomic E-state index is 0.0432. The molecular weight excluding hydrogens is 838 g/mol. The van der Waals surface area contributed by atoms with Gasteiger partial charge >= 0.3 is 27.6 Å². The topological polar surface area (TPSA) is 216 Å². The van der Waals surface area contributed by atoms with Crippen molar-refractivity contribution in [1.82, 2.24) is 0 Å². The Balaban J connectivity index is 4.58. The molecule has 0 radical (unpaired) electrons. The molecule has 0 saturated carbocycles. The van der Waals surface area contributed by atoms with Crippen LogP contribution in [0, 0.1) is 0 Å². The van der Waals surface area contributed by atoms with E-state index >= 15 is 0 Å². The molecule has 0 aromatic heterocycles. The van der Waals surface area contributed by atoms with E-state index in [4.69, 9.17) is 28.9 Å². The van der Waals surface area contributed by atoms with Gasteiger partial charge < -0.3 is 34.4 Å². The first-order valence-electron chi connectivity index (χ1n) is 23.1. The molecule has 0 aliphatic heterocycles. The third-order valence-electron chi connectivity index (χ3n) is 9.42. The van der Waals surface area contributed by atoms with Gasteiger partial charge in [-0.25, -0.2) is 9.13 Å². The van der Waals surface area contributed by atoms with Crippen LogP contribution >= 0.6 is 15.6 Å². The molecule has 14 nitrogen and oxygen atoms in total. The summed E-state index contributed by atoms with van der Waals surface area (Å²) < 4.78 is 47.8. The summed E-state index contributed by atoms with van der Waals surface area (Å²) >= 11 is 0. The Labute approximate surface area is 373 Å². The number of hydrogen-bond donors (Lipinski definition) is 5. The highest BCUT2D eigenvalue weighted by molar-refractivity contribution is 7.47. The number of hydrogen-bond acceptors (Lipinski definition) is 11. The second kappa shape index (κ2) is 42.7. The zero-order valence-corrected chi connectivity index (χ0v) is 39.4. The average Bonchev–Trinajstić information content (AvgIpc) is 3.23. The Morgan fingerprint density at radius 3 is 1.45 bits per heavy atom. The molecule has 0 spiro atoms. The average molecular weight is 921 g/mol. The van der Waals surface area contributed by atoms with Gasteiger partial charge in [-0.15, -0.1) is 0 Å². The predicted octanol–water partition coefficient (Wildman–Crippen LogP) is 11.0. The largest absolute Gasteiger partial charge is 0.472 e. The SMILES string of the molecule is CCCCCCCC/C=C\CCCCCCCCCC(=O)OC[C@H](COP(=O)(O)OC[C@@H](O)COP(=O)(O)O)OC(=O)CCC/C=C\C/C=C\C/C=C\C/C=C\CCCCCO. The molecule has 0 aliphatic carbocycles. The van der Waals surface area contributed by atoms with E-state index in [9.17, 15) is 28.7 Å². The fraction of sp³-hybridized carbons (Fsp3) is 0.739. The predicted molar refractivity (Wildman–Crippen MR) is 245 cm³/mol. The molecule has 0 heterocycles. The first-order chi connectivity index (χ1) is 29.9. The fourth-order valence-corrected chi connectivity index (χ4v) is 7.06. The molecule has 0 aliphatic rings. The molecule has 0 aromatic carbocycles. The summed E-state index contributed by atoms with van der Waals surface area (Å²) in [5.74, 6) is -1.12. The number of phosphoric ester groups is 2. The molecule has 0 bridgehead atoms. The summed E-state index contributed by atoms with van der Waals surface area (Å²) in [5, 5.41) is 18.6. The third-order valence-corrected chi connectivity index (χ3v) is 10.9. The van der Waals surface area contributed by atoms with Crippen LogP contribution < -0.4 is 0 Å². The van der Waals surface area contributed by atoms with Gasteiger partial charge in [0.25, 0.3) is 0 Å².